The van der Waals surface area contributed by atoms with Crippen molar-refractivity contribution < 1.29 is 4.74 Å². The van der Waals surface area contributed by atoms with Gasteiger partial charge in [0.1, 0.15) is 5.75 Å². The fourth-order valence-electron chi connectivity index (χ4n) is 1.07. The zero-order valence-electron chi connectivity index (χ0n) is 7.81. The molecule has 0 aliphatic rings. The molecule has 0 aromatic heterocycles. The van der Waals surface area contributed by atoms with Crippen molar-refractivity contribution in [1.29, 1.82) is 0 Å². The molecule has 0 heterocycles. The highest BCUT2D eigenvalue weighted by Gasteiger charge is 2.06. The standard InChI is InChI=1S/C9H12Cl2N2O/c1-14-9-3-7(10)6(2-8(9)11)4-13-5-12/h2-3,13H,4-5,12H2,1H3. The predicted molar refractivity (Wildman–Crippen MR) is 58.9 cm³/mol. The highest BCUT2D eigenvalue weighted by molar-refractivity contribution is 6.34. The Balaban J connectivity index is 2.90. The van der Waals surface area contributed by atoms with Gasteiger partial charge >= 0.3 is 0 Å². The minimum Gasteiger partial charge on any atom is -0.495 e. The molecule has 0 aliphatic carbocycles. The molecule has 0 aliphatic heterocycles. The van der Waals surface area contributed by atoms with Gasteiger partial charge in [0.05, 0.1) is 12.1 Å². The second kappa shape index (κ2) is 5.41. The lowest BCUT2D eigenvalue weighted by Crippen LogP contribution is -2.21. The Labute approximate surface area is 93.1 Å². The van der Waals surface area contributed by atoms with Gasteiger partial charge in [-0.3, -0.25) is 0 Å². The van der Waals surface area contributed by atoms with Crippen molar-refractivity contribution in [2.24, 2.45) is 5.73 Å². The van der Waals surface area contributed by atoms with E-state index in [0.717, 1.165) is 5.56 Å². The number of hydrogen-bond donors (Lipinski definition) is 2. The van der Waals surface area contributed by atoms with E-state index in [1.165, 1.54) is 0 Å². The molecule has 3 nitrogen and oxygen atoms in total. The zero-order valence-corrected chi connectivity index (χ0v) is 9.32. The summed E-state index contributed by atoms with van der Waals surface area (Å²) in [6, 6.07) is 3.46. The van der Waals surface area contributed by atoms with Crippen molar-refractivity contribution in [3.8, 4) is 5.75 Å². The van der Waals surface area contributed by atoms with Crippen LogP contribution < -0.4 is 15.8 Å². The molecule has 0 saturated heterocycles. The van der Waals surface area contributed by atoms with E-state index in [0.29, 0.717) is 29.0 Å². The van der Waals surface area contributed by atoms with Crippen LogP contribution in [0.3, 0.4) is 0 Å². The van der Waals surface area contributed by atoms with Crippen LogP contribution in [-0.4, -0.2) is 13.8 Å². The normalized spacial score (nSPS) is 10.3. The van der Waals surface area contributed by atoms with Crippen LogP contribution in [0.1, 0.15) is 5.56 Å². The maximum atomic E-state index is 6.00. The van der Waals surface area contributed by atoms with Gasteiger partial charge in [-0.15, -0.1) is 0 Å². The Bertz CT molecular complexity index is 318. The molecule has 0 unspecified atom stereocenters. The van der Waals surface area contributed by atoms with Crippen molar-refractivity contribution in [1.82, 2.24) is 5.32 Å². The molecular weight excluding hydrogens is 223 g/mol. The van der Waals surface area contributed by atoms with E-state index in [2.05, 4.69) is 5.32 Å². The minimum absolute atomic E-state index is 0.403. The van der Waals surface area contributed by atoms with Crippen LogP contribution in [0, 0.1) is 0 Å². The van der Waals surface area contributed by atoms with Gasteiger partial charge in [0, 0.05) is 24.3 Å². The molecule has 0 bridgehead atoms. The summed E-state index contributed by atoms with van der Waals surface area (Å²) in [6.45, 7) is 0.999. The van der Waals surface area contributed by atoms with Gasteiger partial charge in [0.15, 0.2) is 0 Å². The van der Waals surface area contributed by atoms with Crippen LogP contribution in [0.15, 0.2) is 12.1 Å². The number of nitrogens with two attached hydrogens (primary N) is 1. The lowest BCUT2D eigenvalue weighted by Gasteiger charge is -2.08. The molecule has 0 spiro atoms. The van der Waals surface area contributed by atoms with Crippen molar-refractivity contribution in [3.05, 3.63) is 27.7 Å². The molecule has 0 radical (unpaired) electrons. The third-order valence-electron chi connectivity index (χ3n) is 1.78. The Kier molecular flexibility index (Phi) is 4.48. The number of ether oxygens (including phenoxy) is 1. The first-order chi connectivity index (χ1) is 6.69. The minimum atomic E-state index is 0.403. The molecule has 3 N–H and O–H groups in total. The van der Waals surface area contributed by atoms with Crippen molar-refractivity contribution >= 4 is 23.2 Å². The first-order valence-electron chi connectivity index (χ1n) is 4.11. The predicted octanol–water partition coefficient (Wildman–Crippen LogP) is 2.01. The van der Waals surface area contributed by atoms with Crippen LogP contribution in [-0.2, 0) is 6.54 Å². The molecule has 0 fully saturated rings. The summed E-state index contributed by atoms with van der Waals surface area (Å²) in [6.07, 6.45) is 0. The average Bonchev–Trinajstić information content (AvgIpc) is 2.18. The average molecular weight is 235 g/mol. The van der Waals surface area contributed by atoms with Crippen LogP contribution in [0.5, 0.6) is 5.75 Å². The highest BCUT2D eigenvalue weighted by Crippen LogP contribution is 2.30. The van der Waals surface area contributed by atoms with Crippen LogP contribution >= 0.6 is 23.2 Å². The largest absolute Gasteiger partial charge is 0.495 e. The van der Waals surface area contributed by atoms with Gasteiger partial charge in [0.25, 0.3) is 0 Å². The summed E-state index contributed by atoms with van der Waals surface area (Å²) in [5.41, 5.74) is 6.21. The maximum absolute atomic E-state index is 6.00. The van der Waals surface area contributed by atoms with Gasteiger partial charge in [-0.05, 0) is 11.6 Å². The number of benzene rings is 1. The molecule has 78 valence electrons. The van der Waals surface area contributed by atoms with Crippen molar-refractivity contribution in [3.63, 3.8) is 0 Å². The molecule has 1 aromatic rings. The fraction of sp³-hybridized carbons (Fsp3) is 0.333. The van der Waals surface area contributed by atoms with E-state index in [1.54, 1.807) is 19.2 Å². The monoisotopic (exact) mass is 234 g/mol. The van der Waals surface area contributed by atoms with Gasteiger partial charge in [-0.2, -0.15) is 0 Å². The van der Waals surface area contributed by atoms with Crippen LogP contribution in [0.25, 0.3) is 0 Å². The Morgan fingerprint density at radius 2 is 2.07 bits per heavy atom. The molecule has 0 saturated carbocycles. The molecule has 0 atom stereocenters. The molecule has 14 heavy (non-hydrogen) atoms. The highest BCUT2D eigenvalue weighted by atomic mass is 35.5. The van der Waals surface area contributed by atoms with E-state index >= 15 is 0 Å². The summed E-state index contributed by atoms with van der Waals surface area (Å²) in [5, 5.41) is 4.13. The SMILES string of the molecule is COc1cc(Cl)c(CNCN)cc1Cl. The molecule has 0 amide bonds. The van der Waals surface area contributed by atoms with Gasteiger partial charge < -0.3 is 15.8 Å². The first-order valence-corrected chi connectivity index (χ1v) is 4.87. The lowest BCUT2D eigenvalue weighted by atomic mass is 10.2. The maximum Gasteiger partial charge on any atom is 0.138 e. The number of nitrogens with one attached hydrogen (secondary N) is 1. The van der Waals surface area contributed by atoms with Crippen molar-refractivity contribution in [2.75, 3.05) is 13.8 Å². The summed E-state index contributed by atoms with van der Waals surface area (Å²) in [5.74, 6) is 0.577. The number of hydrogen-bond acceptors (Lipinski definition) is 3. The fourth-order valence-corrected chi connectivity index (χ4v) is 1.55. The smallest absolute Gasteiger partial charge is 0.138 e. The van der Waals surface area contributed by atoms with Gasteiger partial charge in [0.2, 0.25) is 0 Å². The third-order valence-corrected chi connectivity index (χ3v) is 2.43. The lowest BCUT2D eigenvalue weighted by molar-refractivity contribution is 0.415. The Morgan fingerprint density at radius 3 is 2.64 bits per heavy atom. The molecule has 1 aromatic carbocycles. The molecular formula is C9H12Cl2N2O. The summed E-state index contributed by atoms with van der Waals surface area (Å²) in [4.78, 5) is 0. The van der Waals surface area contributed by atoms with E-state index in [1.807, 2.05) is 0 Å². The van der Waals surface area contributed by atoms with E-state index in [9.17, 15) is 0 Å². The Morgan fingerprint density at radius 1 is 1.36 bits per heavy atom. The second-order valence-electron chi connectivity index (χ2n) is 2.71. The van der Waals surface area contributed by atoms with Crippen LogP contribution in [0.2, 0.25) is 10.0 Å². The van der Waals surface area contributed by atoms with Crippen LogP contribution in [0.4, 0.5) is 0 Å². The van der Waals surface area contributed by atoms with Gasteiger partial charge in [-0.25, -0.2) is 0 Å². The number of methoxy groups -OCH3 is 1. The van der Waals surface area contributed by atoms with E-state index in [4.69, 9.17) is 33.7 Å². The van der Waals surface area contributed by atoms with Gasteiger partial charge in [-0.1, -0.05) is 23.2 Å². The first kappa shape index (κ1) is 11.6. The number of rotatable bonds is 4. The molecule has 1 rings (SSSR count). The zero-order chi connectivity index (χ0) is 10.6. The summed E-state index contributed by atoms with van der Waals surface area (Å²) < 4.78 is 5.02. The third kappa shape index (κ3) is 2.75. The second-order valence-corrected chi connectivity index (χ2v) is 3.52. The van der Waals surface area contributed by atoms with E-state index in [-0.39, 0.29) is 0 Å². The summed E-state index contributed by atoms with van der Waals surface area (Å²) >= 11 is 11.9. The number of halogens is 2. The van der Waals surface area contributed by atoms with E-state index < -0.39 is 0 Å². The quantitative estimate of drug-likeness (QED) is 0.784. The summed E-state index contributed by atoms with van der Waals surface area (Å²) in [7, 11) is 1.55. The molecule has 5 heteroatoms. The topological polar surface area (TPSA) is 47.3 Å². The Hall–Kier alpha value is -0.480. The van der Waals surface area contributed by atoms with Crippen molar-refractivity contribution in [2.45, 2.75) is 6.54 Å².